The molecular weight excluding hydrogens is 308 g/mol. The van der Waals surface area contributed by atoms with Crippen LogP contribution in [0.25, 0.3) is 0 Å². The minimum absolute atomic E-state index is 0.192. The van der Waals surface area contributed by atoms with Crippen molar-refractivity contribution < 1.29 is 14.4 Å². The first-order chi connectivity index (χ1) is 11.1. The first-order valence-electron chi connectivity index (χ1n) is 8.77. The number of hydrogen-bond donors (Lipinski definition) is 3. The zero-order valence-corrected chi connectivity index (χ0v) is 15.1. The Balaban J connectivity index is 2.34. The largest absolute Gasteiger partial charge is 0.368 e. The van der Waals surface area contributed by atoms with Crippen molar-refractivity contribution in [3.63, 3.8) is 0 Å². The number of nitrogens with two attached hydrogens (primary N) is 1. The molecular formula is C17H30N4O3. The van der Waals surface area contributed by atoms with Gasteiger partial charge in [0, 0.05) is 5.54 Å². The maximum absolute atomic E-state index is 13.4. The van der Waals surface area contributed by atoms with Gasteiger partial charge in [0.05, 0.1) is 6.04 Å². The fraction of sp³-hybridized carbons (Fsp3) is 0.824. The predicted molar refractivity (Wildman–Crippen MR) is 91.0 cm³/mol. The van der Waals surface area contributed by atoms with Gasteiger partial charge in [-0.25, -0.2) is 0 Å². The van der Waals surface area contributed by atoms with Crippen molar-refractivity contribution in [2.75, 3.05) is 7.05 Å². The number of carbonyl (C=O) groups excluding carboxylic acids is 3. The summed E-state index contributed by atoms with van der Waals surface area (Å²) in [6.45, 7) is 5.54. The summed E-state index contributed by atoms with van der Waals surface area (Å²) in [5, 5.41) is 5.79. The summed E-state index contributed by atoms with van der Waals surface area (Å²) in [6.07, 6.45) is 4.60. The lowest BCUT2D eigenvalue weighted by molar-refractivity contribution is -0.151. The van der Waals surface area contributed by atoms with Gasteiger partial charge in [-0.1, -0.05) is 12.8 Å². The van der Waals surface area contributed by atoms with E-state index in [1.165, 1.54) is 0 Å². The van der Waals surface area contributed by atoms with Crippen LogP contribution in [0.1, 0.15) is 59.3 Å². The van der Waals surface area contributed by atoms with Gasteiger partial charge in [-0.3, -0.25) is 14.4 Å². The smallest absolute Gasteiger partial charge is 0.249 e. The van der Waals surface area contributed by atoms with E-state index in [1.807, 2.05) is 6.92 Å². The van der Waals surface area contributed by atoms with E-state index in [0.29, 0.717) is 12.8 Å². The molecule has 4 N–H and O–H groups in total. The Morgan fingerprint density at radius 3 is 2.46 bits per heavy atom. The van der Waals surface area contributed by atoms with Crippen LogP contribution in [0.3, 0.4) is 0 Å². The third-order valence-corrected chi connectivity index (χ3v) is 5.74. The molecule has 3 amide bonds. The van der Waals surface area contributed by atoms with Gasteiger partial charge in [-0.05, 0) is 53.5 Å². The van der Waals surface area contributed by atoms with E-state index in [0.717, 1.165) is 25.7 Å². The van der Waals surface area contributed by atoms with E-state index in [2.05, 4.69) is 10.6 Å². The van der Waals surface area contributed by atoms with Gasteiger partial charge in [-0.2, -0.15) is 0 Å². The maximum atomic E-state index is 13.4. The first kappa shape index (κ1) is 18.7. The van der Waals surface area contributed by atoms with E-state index in [4.69, 9.17) is 5.73 Å². The molecule has 7 nitrogen and oxygen atoms in total. The number of amides is 3. The lowest BCUT2D eigenvalue weighted by atomic mass is 9.83. The number of nitrogens with zero attached hydrogens (tertiary/aromatic N) is 1. The van der Waals surface area contributed by atoms with Crippen molar-refractivity contribution in [2.45, 2.75) is 82.5 Å². The Bertz CT molecular complexity index is 538. The molecule has 0 bridgehead atoms. The molecule has 2 aliphatic rings. The van der Waals surface area contributed by atoms with Crippen molar-refractivity contribution in [1.82, 2.24) is 15.5 Å². The van der Waals surface area contributed by atoms with Gasteiger partial charge in [0.2, 0.25) is 17.7 Å². The molecule has 0 spiro atoms. The van der Waals surface area contributed by atoms with Crippen molar-refractivity contribution >= 4 is 17.7 Å². The fourth-order valence-electron chi connectivity index (χ4n) is 3.96. The Hall–Kier alpha value is -1.63. The van der Waals surface area contributed by atoms with Gasteiger partial charge < -0.3 is 21.3 Å². The summed E-state index contributed by atoms with van der Waals surface area (Å²) in [5.41, 5.74) is 4.17. The van der Waals surface area contributed by atoms with Crippen LogP contribution < -0.4 is 16.4 Å². The molecule has 0 unspecified atom stereocenters. The molecule has 7 heteroatoms. The van der Waals surface area contributed by atoms with Crippen LogP contribution in [0, 0.1) is 0 Å². The predicted octanol–water partition coefficient (Wildman–Crippen LogP) is 0.278. The average Bonchev–Trinajstić information content (AvgIpc) is 2.86. The zero-order chi connectivity index (χ0) is 18.1. The SMILES string of the molecule is CN[C@@H](C)C(=O)N[C@@]1(C)CCCC[C@@]2(C)CC[C@@H](C(N)=O)N2C1=O. The number of likely N-dealkylation sites (N-methyl/N-ethyl adjacent to an activating group) is 1. The highest BCUT2D eigenvalue weighted by atomic mass is 16.2. The van der Waals surface area contributed by atoms with Crippen LogP contribution in [0.5, 0.6) is 0 Å². The van der Waals surface area contributed by atoms with Gasteiger partial charge in [0.25, 0.3) is 0 Å². The first-order valence-corrected chi connectivity index (χ1v) is 8.77. The van der Waals surface area contributed by atoms with Crippen molar-refractivity contribution in [3.05, 3.63) is 0 Å². The Labute approximate surface area is 143 Å². The molecule has 0 aromatic rings. The molecule has 2 heterocycles. The topological polar surface area (TPSA) is 105 Å². The Morgan fingerprint density at radius 2 is 1.88 bits per heavy atom. The van der Waals surface area contributed by atoms with E-state index >= 15 is 0 Å². The molecule has 2 fully saturated rings. The second kappa shape index (κ2) is 6.70. The van der Waals surface area contributed by atoms with E-state index in [-0.39, 0.29) is 17.4 Å². The third kappa shape index (κ3) is 3.27. The van der Waals surface area contributed by atoms with Crippen LogP contribution >= 0.6 is 0 Å². The standard InChI is InChI=1S/C17H30N4O3/c1-11(19-4)14(23)20-17(3)9-6-5-8-16(2)10-7-12(13(18)22)21(16)15(17)24/h11-12,19H,5-10H2,1-4H3,(H2,18,22)(H,20,23)/t11-,12-,16-,17-/m0/s1. The highest BCUT2D eigenvalue weighted by Crippen LogP contribution is 2.41. The van der Waals surface area contributed by atoms with Crippen LogP contribution in [0.4, 0.5) is 0 Å². The van der Waals surface area contributed by atoms with Crippen LogP contribution in [0.15, 0.2) is 0 Å². The van der Waals surface area contributed by atoms with Crippen LogP contribution in [-0.4, -0.2) is 52.8 Å². The molecule has 0 radical (unpaired) electrons. The number of hydrogen-bond acceptors (Lipinski definition) is 4. The monoisotopic (exact) mass is 338 g/mol. The molecule has 2 aliphatic heterocycles. The van der Waals surface area contributed by atoms with Crippen LogP contribution in [0.2, 0.25) is 0 Å². The van der Waals surface area contributed by atoms with E-state index in [1.54, 1.807) is 25.8 Å². The molecule has 0 saturated carbocycles. The summed E-state index contributed by atoms with van der Waals surface area (Å²) < 4.78 is 0. The molecule has 136 valence electrons. The van der Waals surface area contributed by atoms with Gasteiger partial charge in [0.15, 0.2) is 0 Å². The Kier molecular flexibility index (Phi) is 5.22. The van der Waals surface area contributed by atoms with E-state index < -0.39 is 23.5 Å². The third-order valence-electron chi connectivity index (χ3n) is 5.74. The maximum Gasteiger partial charge on any atom is 0.249 e. The minimum atomic E-state index is -1.01. The Morgan fingerprint density at radius 1 is 1.25 bits per heavy atom. The average molecular weight is 338 g/mol. The van der Waals surface area contributed by atoms with Crippen LogP contribution in [-0.2, 0) is 14.4 Å². The summed E-state index contributed by atoms with van der Waals surface area (Å²) in [7, 11) is 1.70. The minimum Gasteiger partial charge on any atom is -0.368 e. The van der Waals surface area contributed by atoms with Crippen molar-refractivity contribution in [1.29, 1.82) is 0 Å². The molecule has 2 saturated heterocycles. The second-order valence-corrected chi connectivity index (χ2v) is 7.67. The number of fused-ring (bicyclic) bond motifs is 1. The van der Waals surface area contributed by atoms with E-state index in [9.17, 15) is 14.4 Å². The number of primary amides is 1. The fourth-order valence-corrected chi connectivity index (χ4v) is 3.96. The quantitative estimate of drug-likeness (QED) is 0.685. The summed E-state index contributed by atoms with van der Waals surface area (Å²) in [6, 6.07) is -0.976. The summed E-state index contributed by atoms with van der Waals surface area (Å²) in [4.78, 5) is 39.2. The molecule has 0 aromatic heterocycles. The highest BCUT2D eigenvalue weighted by molar-refractivity contribution is 5.96. The molecule has 0 aliphatic carbocycles. The zero-order valence-electron chi connectivity index (χ0n) is 15.1. The number of carbonyl (C=O) groups is 3. The van der Waals surface area contributed by atoms with Crippen molar-refractivity contribution in [3.8, 4) is 0 Å². The van der Waals surface area contributed by atoms with Gasteiger partial charge in [0.1, 0.15) is 11.6 Å². The number of nitrogens with one attached hydrogen (secondary N) is 2. The molecule has 4 atom stereocenters. The second-order valence-electron chi connectivity index (χ2n) is 7.67. The lowest BCUT2D eigenvalue weighted by Gasteiger charge is -2.45. The summed E-state index contributed by atoms with van der Waals surface area (Å²) in [5.74, 6) is -0.877. The number of rotatable bonds is 4. The van der Waals surface area contributed by atoms with Crippen molar-refractivity contribution in [2.24, 2.45) is 5.73 Å². The highest BCUT2D eigenvalue weighted by Gasteiger charge is 2.53. The molecule has 24 heavy (non-hydrogen) atoms. The molecule has 2 rings (SSSR count). The molecule has 0 aromatic carbocycles. The summed E-state index contributed by atoms with van der Waals surface area (Å²) >= 11 is 0. The lowest BCUT2D eigenvalue weighted by Crippen LogP contribution is -2.66. The van der Waals surface area contributed by atoms with Gasteiger partial charge in [-0.15, -0.1) is 0 Å². The van der Waals surface area contributed by atoms with Gasteiger partial charge >= 0.3 is 0 Å². The normalized spacial score (nSPS) is 34.9.